The summed E-state index contributed by atoms with van der Waals surface area (Å²) in [4.78, 5) is 6.46. The summed E-state index contributed by atoms with van der Waals surface area (Å²) in [5.74, 6) is 1.78. The van der Waals surface area contributed by atoms with E-state index in [1.165, 1.54) is 0 Å². The van der Waals surface area contributed by atoms with Crippen LogP contribution >= 0.6 is 15.9 Å². The molecule has 2 rings (SSSR count). The Labute approximate surface area is 109 Å². The minimum absolute atomic E-state index is 0.687. The van der Waals surface area contributed by atoms with Gasteiger partial charge in [0.15, 0.2) is 0 Å². The van der Waals surface area contributed by atoms with Crippen LogP contribution in [0, 0.1) is 13.8 Å². The largest absolute Gasteiger partial charge is 0.361 e. The van der Waals surface area contributed by atoms with Crippen molar-refractivity contribution in [3.8, 4) is 0 Å². The molecule has 0 aliphatic carbocycles. The highest BCUT2D eigenvalue weighted by Crippen LogP contribution is 2.20. The molecule has 0 aliphatic heterocycles. The van der Waals surface area contributed by atoms with Crippen LogP contribution < -0.4 is 4.90 Å². The smallest absolute Gasteiger partial charge is 0.133 e. The molecule has 17 heavy (non-hydrogen) atoms. The number of halogens is 1. The molecule has 90 valence electrons. The Morgan fingerprint density at radius 3 is 2.71 bits per heavy atom. The third-order valence-corrected chi connectivity index (χ3v) is 2.89. The summed E-state index contributed by atoms with van der Waals surface area (Å²) in [5, 5.41) is 3.97. The summed E-state index contributed by atoms with van der Waals surface area (Å²) in [6.45, 7) is 4.62. The zero-order chi connectivity index (χ0) is 12.4. The number of rotatable bonds is 3. The van der Waals surface area contributed by atoms with Crippen LogP contribution in [0.1, 0.15) is 17.0 Å². The second-order valence-corrected chi connectivity index (χ2v) is 4.99. The molecule has 0 spiro atoms. The first-order chi connectivity index (χ1) is 8.06. The van der Waals surface area contributed by atoms with Crippen LogP contribution in [0.2, 0.25) is 0 Å². The number of hydrogen-bond acceptors (Lipinski definition) is 4. The second-order valence-electron chi connectivity index (χ2n) is 4.08. The fraction of sp³-hybridized carbons (Fsp3) is 0.333. The van der Waals surface area contributed by atoms with Crippen LogP contribution in [0.5, 0.6) is 0 Å². The van der Waals surface area contributed by atoms with Gasteiger partial charge < -0.3 is 9.42 Å². The van der Waals surface area contributed by atoms with E-state index in [-0.39, 0.29) is 0 Å². The van der Waals surface area contributed by atoms with Gasteiger partial charge in [0.1, 0.15) is 17.3 Å². The van der Waals surface area contributed by atoms with Crippen LogP contribution in [0.4, 0.5) is 5.82 Å². The van der Waals surface area contributed by atoms with Crippen molar-refractivity contribution in [3.05, 3.63) is 39.8 Å². The van der Waals surface area contributed by atoms with Crippen molar-refractivity contribution in [2.24, 2.45) is 0 Å². The first-order valence-electron chi connectivity index (χ1n) is 5.32. The van der Waals surface area contributed by atoms with E-state index in [2.05, 4.69) is 31.0 Å². The van der Waals surface area contributed by atoms with E-state index < -0.39 is 0 Å². The molecule has 0 saturated carbocycles. The quantitative estimate of drug-likeness (QED) is 0.873. The van der Waals surface area contributed by atoms with Gasteiger partial charge in [0.25, 0.3) is 0 Å². The van der Waals surface area contributed by atoms with Crippen molar-refractivity contribution < 1.29 is 4.52 Å². The van der Waals surface area contributed by atoms with Crippen LogP contribution in [-0.4, -0.2) is 17.2 Å². The summed E-state index contributed by atoms with van der Waals surface area (Å²) >= 11 is 3.41. The molecule has 2 aromatic rings. The Hall–Kier alpha value is -1.36. The summed E-state index contributed by atoms with van der Waals surface area (Å²) in [5.41, 5.74) is 2.04. The number of anilines is 1. The Kier molecular flexibility index (Phi) is 3.47. The average Bonchev–Trinajstić information content (AvgIpc) is 2.63. The van der Waals surface area contributed by atoms with Gasteiger partial charge in [-0.2, -0.15) is 0 Å². The van der Waals surface area contributed by atoms with E-state index in [0.717, 1.165) is 27.3 Å². The summed E-state index contributed by atoms with van der Waals surface area (Å²) < 4.78 is 6.04. The fourth-order valence-electron chi connectivity index (χ4n) is 1.74. The minimum atomic E-state index is 0.687. The zero-order valence-electron chi connectivity index (χ0n) is 10.1. The van der Waals surface area contributed by atoms with Crippen LogP contribution in [-0.2, 0) is 6.54 Å². The molecule has 0 amide bonds. The first kappa shape index (κ1) is 12.1. The summed E-state index contributed by atoms with van der Waals surface area (Å²) in [6, 6.07) is 3.98. The molecule has 4 nitrogen and oxygen atoms in total. The van der Waals surface area contributed by atoms with Gasteiger partial charge >= 0.3 is 0 Å². The SMILES string of the molecule is Cc1cc(CN(C)c2ncc(Br)cc2C)no1. The van der Waals surface area contributed by atoms with Crippen LogP contribution in [0.25, 0.3) is 0 Å². The Morgan fingerprint density at radius 1 is 1.35 bits per heavy atom. The topological polar surface area (TPSA) is 42.2 Å². The maximum Gasteiger partial charge on any atom is 0.133 e. The van der Waals surface area contributed by atoms with Crippen LogP contribution in [0.15, 0.2) is 27.3 Å². The number of pyridine rings is 1. The van der Waals surface area contributed by atoms with E-state index in [0.29, 0.717) is 6.54 Å². The van der Waals surface area contributed by atoms with Crippen molar-refractivity contribution in [3.63, 3.8) is 0 Å². The van der Waals surface area contributed by atoms with E-state index >= 15 is 0 Å². The maximum absolute atomic E-state index is 5.05. The highest BCUT2D eigenvalue weighted by molar-refractivity contribution is 9.10. The fourth-order valence-corrected chi connectivity index (χ4v) is 2.19. The number of nitrogens with zero attached hydrogens (tertiary/aromatic N) is 3. The molecule has 0 fully saturated rings. The monoisotopic (exact) mass is 295 g/mol. The zero-order valence-corrected chi connectivity index (χ0v) is 11.7. The Bertz CT molecular complexity index is 524. The van der Waals surface area contributed by atoms with E-state index in [1.54, 1.807) is 6.20 Å². The number of hydrogen-bond donors (Lipinski definition) is 0. The van der Waals surface area contributed by atoms with E-state index in [4.69, 9.17) is 4.52 Å². The van der Waals surface area contributed by atoms with Gasteiger partial charge in [-0.25, -0.2) is 4.98 Å². The molecule has 0 radical (unpaired) electrons. The Morgan fingerprint density at radius 2 is 2.12 bits per heavy atom. The molecule has 2 heterocycles. The van der Waals surface area contributed by atoms with E-state index in [9.17, 15) is 0 Å². The van der Waals surface area contributed by atoms with Crippen LogP contribution in [0.3, 0.4) is 0 Å². The summed E-state index contributed by atoms with van der Waals surface area (Å²) in [6.07, 6.45) is 1.80. The van der Waals surface area contributed by atoms with Gasteiger partial charge in [-0.3, -0.25) is 0 Å². The van der Waals surface area contributed by atoms with Gasteiger partial charge in [0.2, 0.25) is 0 Å². The molecular formula is C12H14BrN3O. The molecule has 0 N–H and O–H groups in total. The van der Waals surface area contributed by atoms with Gasteiger partial charge in [0, 0.05) is 23.8 Å². The third kappa shape index (κ3) is 2.85. The molecule has 0 bridgehead atoms. The molecule has 5 heteroatoms. The lowest BCUT2D eigenvalue weighted by atomic mass is 10.2. The maximum atomic E-state index is 5.05. The minimum Gasteiger partial charge on any atom is -0.361 e. The Balaban J connectivity index is 2.17. The molecule has 0 aliphatic rings. The highest BCUT2D eigenvalue weighted by Gasteiger charge is 2.09. The first-order valence-corrected chi connectivity index (χ1v) is 6.11. The number of aryl methyl sites for hydroxylation is 2. The van der Waals surface area contributed by atoms with Crippen molar-refractivity contribution in [1.82, 2.24) is 10.1 Å². The van der Waals surface area contributed by atoms with Gasteiger partial charge in [-0.1, -0.05) is 5.16 Å². The van der Waals surface area contributed by atoms with Crippen molar-refractivity contribution in [2.75, 3.05) is 11.9 Å². The highest BCUT2D eigenvalue weighted by atomic mass is 79.9. The van der Waals surface area contributed by atoms with Gasteiger partial charge in [-0.05, 0) is 41.4 Å². The summed E-state index contributed by atoms with van der Waals surface area (Å²) in [7, 11) is 1.99. The predicted octanol–water partition coefficient (Wildman–Crippen LogP) is 3.09. The lowest BCUT2D eigenvalue weighted by Crippen LogP contribution is -2.18. The van der Waals surface area contributed by atoms with Crippen molar-refractivity contribution >= 4 is 21.7 Å². The lowest BCUT2D eigenvalue weighted by Gasteiger charge is -2.18. The molecule has 0 aromatic carbocycles. The van der Waals surface area contributed by atoms with E-state index in [1.807, 2.05) is 33.0 Å². The predicted molar refractivity (Wildman–Crippen MR) is 70.0 cm³/mol. The van der Waals surface area contributed by atoms with Crippen molar-refractivity contribution in [1.29, 1.82) is 0 Å². The molecule has 2 aromatic heterocycles. The number of aromatic nitrogens is 2. The molecular weight excluding hydrogens is 282 g/mol. The lowest BCUT2D eigenvalue weighted by molar-refractivity contribution is 0.390. The average molecular weight is 296 g/mol. The molecule has 0 saturated heterocycles. The standard InChI is InChI=1S/C12H14BrN3O/c1-8-4-10(13)6-14-12(8)16(3)7-11-5-9(2)17-15-11/h4-6H,7H2,1-3H3. The normalized spacial score (nSPS) is 10.6. The van der Waals surface area contributed by atoms with Gasteiger partial charge in [-0.15, -0.1) is 0 Å². The van der Waals surface area contributed by atoms with Crippen molar-refractivity contribution in [2.45, 2.75) is 20.4 Å². The molecule has 0 unspecified atom stereocenters. The van der Waals surface area contributed by atoms with Gasteiger partial charge in [0.05, 0.1) is 6.54 Å². The molecule has 0 atom stereocenters. The third-order valence-electron chi connectivity index (χ3n) is 2.45. The second kappa shape index (κ2) is 4.87.